The third-order valence-electron chi connectivity index (χ3n) is 2.44. The summed E-state index contributed by atoms with van der Waals surface area (Å²) in [5, 5.41) is 2.51. The number of hydrogen-bond donors (Lipinski definition) is 3. The summed E-state index contributed by atoms with van der Waals surface area (Å²) in [5.74, 6) is -1.15. The van der Waals surface area contributed by atoms with Gasteiger partial charge in [0.05, 0.1) is 6.61 Å². The second-order valence-corrected chi connectivity index (χ2v) is 4.88. The number of carbonyl (C=O) groups excluding carboxylic acids is 2. The van der Waals surface area contributed by atoms with Gasteiger partial charge in [0.25, 0.3) is 0 Å². The van der Waals surface area contributed by atoms with E-state index >= 15 is 0 Å². The molecule has 0 bridgehead atoms. The fraction of sp³-hybridized carbons (Fsp3) is 0.333. The lowest BCUT2D eigenvalue weighted by molar-refractivity contribution is -0.129. The largest absolute Gasteiger partial charge is 0.383 e. The molecule has 8 heteroatoms. The lowest BCUT2D eigenvalue weighted by Crippen LogP contribution is -2.47. The molecule has 0 heterocycles. The van der Waals surface area contributed by atoms with Crippen LogP contribution < -0.4 is 16.8 Å². The molecule has 2 amide bonds. The molecule has 0 aromatic heterocycles. The van der Waals surface area contributed by atoms with Crippen molar-refractivity contribution in [2.45, 2.75) is 12.1 Å². The summed E-state index contributed by atoms with van der Waals surface area (Å²) in [6.07, 6.45) is 0. The van der Waals surface area contributed by atoms with E-state index in [-0.39, 0.29) is 19.0 Å². The second-order valence-electron chi connectivity index (χ2n) is 3.96. The average molecular weight is 367 g/mol. The van der Waals surface area contributed by atoms with E-state index in [4.69, 9.17) is 16.2 Å². The van der Waals surface area contributed by atoms with Crippen molar-refractivity contribution in [3.05, 3.63) is 34.3 Å². The van der Waals surface area contributed by atoms with Gasteiger partial charge in [-0.2, -0.15) is 0 Å². The molecule has 0 spiro atoms. The summed E-state index contributed by atoms with van der Waals surface area (Å²) in [6, 6.07) is 5.18. The SMILES string of the molecule is COCC(N)C(=O)NC(C(N)=O)c1cccc(Br)c1.Cl. The molecular formula is C12H17BrClN3O3. The lowest BCUT2D eigenvalue weighted by atomic mass is 10.1. The van der Waals surface area contributed by atoms with Crippen LogP contribution in [0.25, 0.3) is 0 Å². The monoisotopic (exact) mass is 365 g/mol. The molecule has 0 aliphatic heterocycles. The zero-order valence-corrected chi connectivity index (χ0v) is 13.2. The van der Waals surface area contributed by atoms with Crippen LogP contribution in [-0.4, -0.2) is 31.6 Å². The summed E-state index contributed by atoms with van der Waals surface area (Å²) >= 11 is 3.29. The molecule has 0 aliphatic carbocycles. The van der Waals surface area contributed by atoms with Crippen molar-refractivity contribution in [2.75, 3.05) is 13.7 Å². The van der Waals surface area contributed by atoms with Crippen LogP contribution in [0.15, 0.2) is 28.7 Å². The average Bonchev–Trinajstić information content (AvgIpc) is 2.35. The normalized spacial score (nSPS) is 12.9. The van der Waals surface area contributed by atoms with Gasteiger partial charge in [-0.3, -0.25) is 9.59 Å². The summed E-state index contributed by atoms with van der Waals surface area (Å²) in [5.41, 5.74) is 11.5. The zero-order chi connectivity index (χ0) is 14.4. The van der Waals surface area contributed by atoms with Crippen LogP contribution >= 0.6 is 28.3 Å². The van der Waals surface area contributed by atoms with E-state index in [1.807, 2.05) is 0 Å². The molecule has 1 rings (SSSR count). The number of halogens is 2. The number of amides is 2. The highest BCUT2D eigenvalue weighted by Crippen LogP contribution is 2.18. The number of methoxy groups -OCH3 is 1. The Balaban J connectivity index is 0.00000361. The number of nitrogens with two attached hydrogens (primary N) is 2. The summed E-state index contributed by atoms with van der Waals surface area (Å²) in [6.45, 7) is 0.0653. The first-order chi connectivity index (χ1) is 8.95. The topological polar surface area (TPSA) is 107 Å². The highest BCUT2D eigenvalue weighted by molar-refractivity contribution is 9.10. The third kappa shape index (κ3) is 5.46. The first kappa shape index (κ1) is 18.9. The predicted molar refractivity (Wildman–Crippen MR) is 81.3 cm³/mol. The molecule has 2 unspecified atom stereocenters. The van der Waals surface area contributed by atoms with Crippen LogP contribution in [-0.2, 0) is 14.3 Å². The van der Waals surface area contributed by atoms with Crippen molar-refractivity contribution in [3.8, 4) is 0 Å². The molecule has 0 radical (unpaired) electrons. The molecule has 5 N–H and O–H groups in total. The first-order valence-corrected chi connectivity index (χ1v) is 6.34. The van der Waals surface area contributed by atoms with Gasteiger partial charge in [-0.05, 0) is 17.7 Å². The molecule has 2 atom stereocenters. The Morgan fingerprint density at radius 3 is 2.60 bits per heavy atom. The highest BCUT2D eigenvalue weighted by atomic mass is 79.9. The standard InChI is InChI=1S/C12H16BrN3O3.ClH/c1-19-6-9(14)12(18)16-10(11(15)17)7-3-2-4-8(13)5-7;/h2-5,9-10H,6,14H2,1H3,(H2,15,17)(H,16,18);1H. The highest BCUT2D eigenvalue weighted by Gasteiger charge is 2.23. The molecule has 112 valence electrons. The number of benzene rings is 1. The van der Waals surface area contributed by atoms with Gasteiger partial charge < -0.3 is 21.5 Å². The van der Waals surface area contributed by atoms with Gasteiger partial charge in [0.1, 0.15) is 12.1 Å². The van der Waals surface area contributed by atoms with Crippen molar-refractivity contribution in [3.63, 3.8) is 0 Å². The fourth-order valence-electron chi connectivity index (χ4n) is 1.51. The van der Waals surface area contributed by atoms with E-state index < -0.39 is 23.9 Å². The van der Waals surface area contributed by atoms with Crippen LogP contribution in [0, 0.1) is 0 Å². The first-order valence-electron chi connectivity index (χ1n) is 5.55. The fourth-order valence-corrected chi connectivity index (χ4v) is 1.93. The van der Waals surface area contributed by atoms with Crippen LogP contribution in [0.3, 0.4) is 0 Å². The van der Waals surface area contributed by atoms with Crippen molar-refractivity contribution in [1.29, 1.82) is 0 Å². The number of carbonyl (C=O) groups is 2. The number of nitrogens with one attached hydrogen (secondary N) is 1. The van der Waals surface area contributed by atoms with E-state index in [9.17, 15) is 9.59 Å². The Bertz CT molecular complexity index is 473. The summed E-state index contributed by atoms with van der Waals surface area (Å²) in [7, 11) is 1.44. The van der Waals surface area contributed by atoms with Gasteiger partial charge in [0, 0.05) is 11.6 Å². The molecule has 0 saturated heterocycles. The van der Waals surface area contributed by atoms with Crippen molar-refractivity contribution in [2.24, 2.45) is 11.5 Å². The van der Waals surface area contributed by atoms with Gasteiger partial charge >= 0.3 is 0 Å². The van der Waals surface area contributed by atoms with Gasteiger partial charge in [-0.25, -0.2) is 0 Å². The number of hydrogen-bond acceptors (Lipinski definition) is 4. The van der Waals surface area contributed by atoms with Crippen LogP contribution in [0.2, 0.25) is 0 Å². The summed E-state index contributed by atoms with van der Waals surface area (Å²) in [4.78, 5) is 23.2. The van der Waals surface area contributed by atoms with Crippen LogP contribution in [0.5, 0.6) is 0 Å². The third-order valence-corrected chi connectivity index (χ3v) is 2.93. The van der Waals surface area contributed by atoms with Gasteiger partial charge in [0.2, 0.25) is 11.8 Å². The minimum Gasteiger partial charge on any atom is -0.383 e. The Labute approximate surface area is 131 Å². The molecule has 6 nitrogen and oxygen atoms in total. The number of rotatable bonds is 6. The van der Waals surface area contributed by atoms with Crippen molar-refractivity contribution < 1.29 is 14.3 Å². The van der Waals surface area contributed by atoms with Crippen molar-refractivity contribution in [1.82, 2.24) is 5.32 Å². The molecule has 0 saturated carbocycles. The molecule has 0 fully saturated rings. The Kier molecular flexibility index (Phi) is 8.40. The maximum absolute atomic E-state index is 11.8. The maximum atomic E-state index is 11.8. The van der Waals surface area contributed by atoms with E-state index in [2.05, 4.69) is 21.2 Å². The van der Waals surface area contributed by atoms with Crippen LogP contribution in [0.4, 0.5) is 0 Å². The van der Waals surface area contributed by atoms with Crippen molar-refractivity contribution >= 4 is 40.2 Å². The molecule has 1 aromatic carbocycles. The van der Waals surface area contributed by atoms with Crippen LogP contribution in [0.1, 0.15) is 11.6 Å². The Morgan fingerprint density at radius 1 is 1.45 bits per heavy atom. The minimum atomic E-state index is -0.923. The number of primary amides is 1. The maximum Gasteiger partial charge on any atom is 0.244 e. The van der Waals surface area contributed by atoms with E-state index in [1.54, 1.807) is 24.3 Å². The smallest absolute Gasteiger partial charge is 0.244 e. The number of ether oxygens (including phenoxy) is 1. The van der Waals surface area contributed by atoms with E-state index in [0.29, 0.717) is 5.56 Å². The Hall–Kier alpha value is -1.15. The summed E-state index contributed by atoms with van der Waals surface area (Å²) < 4.78 is 5.57. The molecular weight excluding hydrogens is 350 g/mol. The molecule has 20 heavy (non-hydrogen) atoms. The predicted octanol–water partition coefficient (Wildman–Crippen LogP) is 0.487. The van der Waals surface area contributed by atoms with E-state index in [0.717, 1.165) is 4.47 Å². The molecule has 0 aliphatic rings. The molecule has 1 aromatic rings. The minimum absolute atomic E-state index is 0. The van der Waals surface area contributed by atoms with Gasteiger partial charge in [-0.15, -0.1) is 12.4 Å². The zero-order valence-electron chi connectivity index (χ0n) is 10.8. The lowest BCUT2D eigenvalue weighted by Gasteiger charge is -2.18. The van der Waals surface area contributed by atoms with Gasteiger partial charge in [-0.1, -0.05) is 28.1 Å². The quantitative estimate of drug-likeness (QED) is 0.681. The van der Waals surface area contributed by atoms with Gasteiger partial charge in [0.15, 0.2) is 0 Å². The second kappa shape index (κ2) is 8.91. The Morgan fingerprint density at radius 2 is 2.10 bits per heavy atom. The van der Waals surface area contributed by atoms with E-state index in [1.165, 1.54) is 7.11 Å².